The van der Waals surface area contributed by atoms with Crippen molar-refractivity contribution in [1.82, 2.24) is 0 Å². The minimum Gasteiger partial charge on any atom is -0.507 e. The predicted molar refractivity (Wildman–Crippen MR) is 81.4 cm³/mol. The molecule has 0 radical (unpaired) electrons. The molecule has 0 unspecified atom stereocenters. The quantitative estimate of drug-likeness (QED) is 0.741. The normalized spacial score (nSPS) is 10.3. The molecule has 0 aromatic heterocycles. The van der Waals surface area contributed by atoms with Crippen LogP contribution >= 0.6 is 11.6 Å². The third-order valence-electron chi connectivity index (χ3n) is 3.07. The molecule has 2 aromatic rings. The number of para-hydroxylation sites is 1. The lowest BCUT2D eigenvalue weighted by atomic mass is 10.1. The number of rotatable bonds is 2. The molecule has 0 heterocycles. The van der Waals surface area contributed by atoms with Crippen LogP contribution in [0.25, 0.3) is 0 Å². The molecule has 2 rings (SSSR count). The second-order valence-electron chi connectivity index (χ2n) is 4.61. The van der Waals surface area contributed by atoms with Gasteiger partial charge in [-0.1, -0.05) is 23.7 Å². The Bertz CT molecular complexity index is 684. The molecule has 0 spiro atoms. The third kappa shape index (κ3) is 2.70. The first-order chi connectivity index (χ1) is 9.40. The van der Waals surface area contributed by atoms with Crippen LogP contribution in [0.4, 0.5) is 11.4 Å². The number of phenolic OH excluding ortho intramolecular Hbond substituents is 1. The number of nitrogens with one attached hydrogen (secondary N) is 1. The van der Waals surface area contributed by atoms with Crippen LogP contribution in [0.5, 0.6) is 5.75 Å². The number of carbonyl (C=O) groups is 1. The van der Waals surface area contributed by atoms with Gasteiger partial charge in [0.05, 0.1) is 16.3 Å². The molecule has 4 N–H and O–H groups in total. The number of anilines is 2. The zero-order chi connectivity index (χ0) is 14.9. The molecule has 0 saturated carbocycles. The molecule has 0 fully saturated rings. The average molecular weight is 291 g/mol. The molecule has 1 amide bonds. The van der Waals surface area contributed by atoms with Crippen LogP contribution < -0.4 is 11.1 Å². The van der Waals surface area contributed by atoms with E-state index in [1.54, 1.807) is 37.3 Å². The molecule has 0 bridgehead atoms. The zero-order valence-electron chi connectivity index (χ0n) is 11.2. The number of halogens is 1. The van der Waals surface area contributed by atoms with Crippen LogP contribution in [-0.4, -0.2) is 11.0 Å². The Morgan fingerprint density at radius 1 is 1.25 bits per heavy atom. The van der Waals surface area contributed by atoms with E-state index >= 15 is 0 Å². The number of phenols is 1. The zero-order valence-corrected chi connectivity index (χ0v) is 12.0. The lowest BCUT2D eigenvalue weighted by Gasteiger charge is -2.12. The summed E-state index contributed by atoms with van der Waals surface area (Å²) in [5.41, 5.74) is 8.38. The van der Waals surface area contributed by atoms with Gasteiger partial charge in [0.1, 0.15) is 5.75 Å². The van der Waals surface area contributed by atoms with Gasteiger partial charge in [-0.15, -0.1) is 0 Å². The maximum Gasteiger partial charge on any atom is 0.259 e. The van der Waals surface area contributed by atoms with E-state index in [4.69, 9.17) is 17.3 Å². The number of aryl methyl sites for hydroxylation is 2. The van der Waals surface area contributed by atoms with Gasteiger partial charge >= 0.3 is 0 Å². The summed E-state index contributed by atoms with van der Waals surface area (Å²) < 4.78 is 0. The Labute approximate surface area is 122 Å². The molecule has 0 saturated heterocycles. The molecule has 0 aliphatic carbocycles. The Morgan fingerprint density at radius 2 is 1.95 bits per heavy atom. The van der Waals surface area contributed by atoms with Gasteiger partial charge in [-0.25, -0.2) is 0 Å². The van der Waals surface area contributed by atoms with E-state index in [9.17, 15) is 9.90 Å². The first-order valence-electron chi connectivity index (χ1n) is 6.05. The van der Waals surface area contributed by atoms with Crippen molar-refractivity contribution in [3.05, 3.63) is 52.0 Å². The number of benzene rings is 2. The van der Waals surface area contributed by atoms with Gasteiger partial charge < -0.3 is 16.2 Å². The van der Waals surface area contributed by atoms with Crippen LogP contribution in [-0.2, 0) is 0 Å². The summed E-state index contributed by atoms with van der Waals surface area (Å²) in [4.78, 5) is 12.2. The highest BCUT2D eigenvalue weighted by Crippen LogP contribution is 2.28. The maximum atomic E-state index is 12.2. The van der Waals surface area contributed by atoms with E-state index in [0.29, 0.717) is 22.0 Å². The second-order valence-corrected chi connectivity index (χ2v) is 5.02. The van der Waals surface area contributed by atoms with Gasteiger partial charge in [-0.2, -0.15) is 0 Å². The van der Waals surface area contributed by atoms with E-state index in [0.717, 1.165) is 5.56 Å². The highest BCUT2D eigenvalue weighted by atomic mass is 35.5. The van der Waals surface area contributed by atoms with Crippen molar-refractivity contribution in [1.29, 1.82) is 0 Å². The topological polar surface area (TPSA) is 75.3 Å². The summed E-state index contributed by atoms with van der Waals surface area (Å²) in [6, 6.07) is 8.29. The molecular formula is C15H15ClN2O2. The molecule has 0 atom stereocenters. The smallest absolute Gasteiger partial charge is 0.259 e. The third-order valence-corrected chi connectivity index (χ3v) is 3.40. The Kier molecular flexibility index (Phi) is 3.86. The van der Waals surface area contributed by atoms with E-state index in [2.05, 4.69) is 5.32 Å². The summed E-state index contributed by atoms with van der Waals surface area (Å²) in [5.74, 6) is -0.417. The first-order valence-corrected chi connectivity index (χ1v) is 6.43. The monoisotopic (exact) mass is 290 g/mol. The van der Waals surface area contributed by atoms with Gasteiger partial charge in [0.25, 0.3) is 5.91 Å². The Morgan fingerprint density at radius 3 is 2.65 bits per heavy atom. The molecule has 20 heavy (non-hydrogen) atoms. The molecule has 0 aliphatic heterocycles. The highest BCUT2D eigenvalue weighted by Gasteiger charge is 2.14. The molecule has 104 valence electrons. The van der Waals surface area contributed by atoms with Crippen LogP contribution in [0.3, 0.4) is 0 Å². The van der Waals surface area contributed by atoms with Gasteiger partial charge in [0.2, 0.25) is 0 Å². The van der Waals surface area contributed by atoms with Crippen molar-refractivity contribution >= 4 is 28.9 Å². The fourth-order valence-corrected chi connectivity index (χ4v) is 2.03. The number of hydrogen-bond donors (Lipinski definition) is 3. The molecule has 2 aromatic carbocycles. The van der Waals surface area contributed by atoms with Crippen LogP contribution in [0.15, 0.2) is 30.3 Å². The molecule has 0 aliphatic rings. The maximum absolute atomic E-state index is 12.2. The number of nitrogen functional groups attached to an aromatic ring is 1. The van der Waals surface area contributed by atoms with E-state index < -0.39 is 5.91 Å². The number of aromatic hydroxyl groups is 1. The van der Waals surface area contributed by atoms with Gasteiger partial charge in [0.15, 0.2) is 0 Å². The summed E-state index contributed by atoms with van der Waals surface area (Å²) in [5, 5.41) is 13.0. The number of amides is 1. The lowest BCUT2D eigenvalue weighted by Crippen LogP contribution is -2.13. The summed E-state index contributed by atoms with van der Waals surface area (Å²) in [6.45, 7) is 3.55. The van der Waals surface area contributed by atoms with Gasteiger partial charge in [0, 0.05) is 5.69 Å². The standard InChI is InChI=1S/C15H15ClN2O2/c1-8-4-3-5-10(14(8)19)15(20)18-13-7-11(16)12(17)6-9(13)2/h3-7,19H,17H2,1-2H3,(H,18,20). The average Bonchev–Trinajstić information content (AvgIpc) is 2.39. The van der Waals surface area contributed by atoms with Crippen LogP contribution in [0, 0.1) is 13.8 Å². The van der Waals surface area contributed by atoms with Crippen molar-refractivity contribution in [2.24, 2.45) is 0 Å². The van der Waals surface area contributed by atoms with Gasteiger partial charge in [-0.3, -0.25) is 4.79 Å². The predicted octanol–water partition coefficient (Wildman–Crippen LogP) is 3.50. The first kappa shape index (κ1) is 14.2. The number of nitrogens with two attached hydrogens (primary N) is 1. The number of hydrogen-bond acceptors (Lipinski definition) is 3. The van der Waals surface area contributed by atoms with Crippen molar-refractivity contribution in [2.75, 3.05) is 11.1 Å². The fraction of sp³-hybridized carbons (Fsp3) is 0.133. The summed E-state index contributed by atoms with van der Waals surface area (Å²) in [6.07, 6.45) is 0. The minimum absolute atomic E-state index is 0.0239. The van der Waals surface area contributed by atoms with Gasteiger partial charge in [-0.05, 0) is 43.2 Å². The number of carbonyl (C=O) groups excluding carboxylic acids is 1. The van der Waals surface area contributed by atoms with Crippen molar-refractivity contribution in [2.45, 2.75) is 13.8 Å². The van der Waals surface area contributed by atoms with E-state index in [1.807, 2.05) is 6.92 Å². The van der Waals surface area contributed by atoms with Crippen LogP contribution in [0.1, 0.15) is 21.5 Å². The molecular weight excluding hydrogens is 276 g/mol. The minimum atomic E-state index is -0.393. The Hall–Kier alpha value is -2.20. The lowest BCUT2D eigenvalue weighted by molar-refractivity contribution is 0.102. The SMILES string of the molecule is Cc1cc(N)c(Cl)cc1NC(=O)c1cccc(C)c1O. The molecule has 4 nitrogen and oxygen atoms in total. The molecule has 5 heteroatoms. The van der Waals surface area contributed by atoms with E-state index in [1.165, 1.54) is 0 Å². The van der Waals surface area contributed by atoms with Crippen molar-refractivity contribution < 1.29 is 9.90 Å². The van der Waals surface area contributed by atoms with Crippen LogP contribution in [0.2, 0.25) is 5.02 Å². The highest BCUT2D eigenvalue weighted by molar-refractivity contribution is 6.33. The second kappa shape index (κ2) is 5.43. The fourth-order valence-electron chi connectivity index (χ4n) is 1.87. The van der Waals surface area contributed by atoms with Crippen molar-refractivity contribution in [3.8, 4) is 5.75 Å². The summed E-state index contributed by atoms with van der Waals surface area (Å²) >= 11 is 5.95. The van der Waals surface area contributed by atoms with E-state index in [-0.39, 0.29) is 11.3 Å². The summed E-state index contributed by atoms with van der Waals surface area (Å²) in [7, 11) is 0. The van der Waals surface area contributed by atoms with Crippen molar-refractivity contribution in [3.63, 3.8) is 0 Å². The largest absolute Gasteiger partial charge is 0.507 e. The Balaban J connectivity index is 2.33.